The van der Waals surface area contributed by atoms with E-state index in [1.807, 2.05) is 42.5 Å². The van der Waals surface area contributed by atoms with Crippen molar-refractivity contribution < 1.29 is 18.0 Å². The van der Waals surface area contributed by atoms with Gasteiger partial charge >= 0.3 is 0 Å². The minimum absolute atomic E-state index is 0.144. The van der Waals surface area contributed by atoms with Gasteiger partial charge in [-0.3, -0.25) is 14.6 Å². The molecule has 1 unspecified atom stereocenters. The first-order valence-corrected chi connectivity index (χ1v) is 14.4. The van der Waals surface area contributed by atoms with Crippen molar-refractivity contribution in [3.8, 4) is 0 Å². The van der Waals surface area contributed by atoms with E-state index in [4.69, 9.17) is 0 Å². The number of nitrogens with zero attached hydrogens (tertiary/aromatic N) is 3. The second-order valence-corrected chi connectivity index (χ2v) is 11.4. The van der Waals surface area contributed by atoms with E-state index in [1.165, 1.54) is 4.31 Å². The number of hydrogen-bond donors (Lipinski definition) is 1. The maximum atomic E-state index is 13.4. The van der Waals surface area contributed by atoms with Crippen molar-refractivity contribution in [2.75, 3.05) is 13.1 Å². The number of benzene rings is 2. The van der Waals surface area contributed by atoms with Crippen LogP contribution in [0.1, 0.15) is 42.9 Å². The van der Waals surface area contributed by atoms with Gasteiger partial charge < -0.3 is 10.2 Å². The third-order valence-electron chi connectivity index (χ3n) is 6.83. The van der Waals surface area contributed by atoms with Crippen molar-refractivity contribution >= 4 is 21.8 Å². The minimum atomic E-state index is -3.47. The van der Waals surface area contributed by atoms with Crippen LogP contribution in [0.15, 0.2) is 84.0 Å². The Bertz CT molecular complexity index is 1310. The molecule has 1 aromatic heterocycles. The quantitative estimate of drug-likeness (QED) is 0.406. The molecule has 1 N–H and O–H groups in total. The minimum Gasteiger partial charge on any atom is -0.350 e. The van der Waals surface area contributed by atoms with Gasteiger partial charge in [-0.15, -0.1) is 0 Å². The molecule has 38 heavy (non-hydrogen) atoms. The van der Waals surface area contributed by atoms with Gasteiger partial charge in [0.05, 0.1) is 4.90 Å². The highest BCUT2D eigenvalue weighted by atomic mass is 32.2. The van der Waals surface area contributed by atoms with Gasteiger partial charge in [-0.25, -0.2) is 8.42 Å². The molecule has 0 radical (unpaired) electrons. The first kappa shape index (κ1) is 27.5. The molecular weight excluding hydrogens is 500 g/mol. The Kier molecular flexibility index (Phi) is 9.25. The molecule has 2 heterocycles. The smallest absolute Gasteiger partial charge is 0.243 e. The molecule has 1 fully saturated rings. The van der Waals surface area contributed by atoms with Gasteiger partial charge in [-0.05, 0) is 67.1 Å². The first-order valence-electron chi connectivity index (χ1n) is 12.9. The van der Waals surface area contributed by atoms with Crippen LogP contribution in [0.4, 0.5) is 0 Å². The van der Waals surface area contributed by atoms with E-state index in [1.54, 1.807) is 48.5 Å². The standard InChI is InChI=1S/C29H34N4O4S/c1-23(29(35)31-21-25-15-17-30-18-16-25)33(22-26-7-3-2-4-8-26)28(34)14-11-24-9-12-27(13-10-24)38(36,37)32-19-5-6-20-32/h2-4,7-10,12-13,15-18,23H,5-6,11,14,19-22H2,1H3,(H,31,35). The molecule has 2 aromatic carbocycles. The second kappa shape index (κ2) is 12.8. The Morgan fingerprint density at radius 1 is 0.921 bits per heavy atom. The molecule has 1 aliphatic heterocycles. The van der Waals surface area contributed by atoms with Crippen molar-refractivity contribution in [1.29, 1.82) is 0 Å². The van der Waals surface area contributed by atoms with Gasteiger partial charge in [0, 0.05) is 45.0 Å². The summed E-state index contributed by atoms with van der Waals surface area (Å²) in [4.78, 5) is 32.2. The normalized spacial score (nSPS) is 14.7. The maximum Gasteiger partial charge on any atom is 0.243 e. The number of aromatic nitrogens is 1. The number of hydrogen-bond acceptors (Lipinski definition) is 5. The topological polar surface area (TPSA) is 99.7 Å². The average Bonchev–Trinajstić information content (AvgIpc) is 3.51. The molecule has 0 saturated carbocycles. The molecule has 0 spiro atoms. The predicted octanol–water partition coefficient (Wildman–Crippen LogP) is 3.53. The van der Waals surface area contributed by atoms with Crippen molar-refractivity contribution in [2.45, 2.75) is 56.6 Å². The SMILES string of the molecule is CC(C(=O)NCc1ccncc1)N(Cc1ccccc1)C(=O)CCc1ccc(S(=O)(=O)N2CCCC2)cc1. The van der Waals surface area contributed by atoms with Gasteiger partial charge in [0.25, 0.3) is 0 Å². The summed E-state index contributed by atoms with van der Waals surface area (Å²) in [6.07, 6.45) is 5.76. The van der Waals surface area contributed by atoms with Crippen LogP contribution >= 0.6 is 0 Å². The third kappa shape index (κ3) is 7.05. The summed E-state index contributed by atoms with van der Waals surface area (Å²) in [5.41, 5.74) is 2.73. The number of carbonyl (C=O) groups is 2. The fraction of sp³-hybridized carbons (Fsp3) is 0.345. The van der Waals surface area contributed by atoms with Crippen LogP contribution in [0.25, 0.3) is 0 Å². The zero-order valence-electron chi connectivity index (χ0n) is 21.6. The zero-order chi connectivity index (χ0) is 27.0. The lowest BCUT2D eigenvalue weighted by atomic mass is 10.1. The Balaban J connectivity index is 1.40. The fourth-order valence-corrected chi connectivity index (χ4v) is 6.02. The molecule has 0 aliphatic carbocycles. The summed E-state index contributed by atoms with van der Waals surface area (Å²) in [5, 5.41) is 2.92. The number of aryl methyl sites for hydroxylation is 1. The fourth-order valence-electron chi connectivity index (χ4n) is 4.50. The van der Waals surface area contributed by atoms with E-state index in [9.17, 15) is 18.0 Å². The number of amides is 2. The van der Waals surface area contributed by atoms with Crippen LogP contribution in [0.2, 0.25) is 0 Å². The van der Waals surface area contributed by atoms with Crippen LogP contribution < -0.4 is 5.32 Å². The van der Waals surface area contributed by atoms with Crippen LogP contribution in [0, 0.1) is 0 Å². The van der Waals surface area contributed by atoms with E-state index < -0.39 is 16.1 Å². The molecule has 1 atom stereocenters. The van der Waals surface area contributed by atoms with Crippen LogP contribution in [0.3, 0.4) is 0 Å². The summed E-state index contributed by atoms with van der Waals surface area (Å²) in [6, 6.07) is 19.3. The summed E-state index contributed by atoms with van der Waals surface area (Å²) < 4.78 is 27.1. The van der Waals surface area contributed by atoms with E-state index in [2.05, 4.69) is 10.3 Å². The Morgan fingerprint density at radius 2 is 1.58 bits per heavy atom. The first-order chi connectivity index (χ1) is 18.3. The number of pyridine rings is 1. The van der Waals surface area contributed by atoms with Gasteiger partial charge in [-0.2, -0.15) is 4.31 Å². The van der Waals surface area contributed by atoms with E-state index in [0.29, 0.717) is 32.6 Å². The Morgan fingerprint density at radius 3 is 2.24 bits per heavy atom. The lowest BCUT2D eigenvalue weighted by molar-refractivity contribution is -0.140. The van der Waals surface area contributed by atoms with E-state index >= 15 is 0 Å². The molecule has 200 valence electrons. The van der Waals surface area contributed by atoms with Crippen molar-refractivity contribution in [2.24, 2.45) is 0 Å². The molecule has 0 bridgehead atoms. The Hall–Kier alpha value is -3.56. The lowest BCUT2D eigenvalue weighted by Gasteiger charge is -2.29. The summed E-state index contributed by atoms with van der Waals surface area (Å²) in [5.74, 6) is -0.378. The molecule has 9 heteroatoms. The van der Waals surface area contributed by atoms with Crippen LogP contribution in [0.5, 0.6) is 0 Å². The lowest BCUT2D eigenvalue weighted by Crippen LogP contribution is -2.47. The molecule has 2 amide bonds. The predicted molar refractivity (Wildman–Crippen MR) is 145 cm³/mol. The van der Waals surface area contributed by atoms with Gasteiger partial charge in [-0.1, -0.05) is 42.5 Å². The number of rotatable bonds is 11. The number of sulfonamides is 1. The average molecular weight is 535 g/mol. The second-order valence-electron chi connectivity index (χ2n) is 9.51. The van der Waals surface area contributed by atoms with Crippen molar-refractivity contribution in [3.63, 3.8) is 0 Å². The zero-order valence-corrected chi connectivity index (χ0v) is 22.4. The van der Waals surface area contributed by atoms with Crippen molar-refractivity contribution in [3.05, 3.63) is 95.8 Å². The highest BCUT2D eigenvalue weighted by Crippen LogP contribution is 2.22. The largest absolute Gasteiger partial charge is 0.350 e. The number of nitrogens with one attached hydrogen (secondary N) is 1. The van der Waals surface area contributed by atoms with E-state index in [0.717, 1.165) is 29.5 Å². The van der Waals surface area contributed by atoms with Crippen molar-refractivity contribution in [1.82, 2.24) is 19.5 Å². The summed E-state index contributed by atoms with van der Waals surface area (Å²) in [7, 11) is -3.47. The summed E-state index contributed by atoms with van der Waals surface area (Å²) in [6.45, 7) is 3.53. The van der Waals surface area contributed by atoms with Crippen LogP contribution in [-0.4, -0.2) is 53.6 Å². The van der Waals surface area contributed by atoms with Gasteiger partial charge in [0.15, 0.2) is 0 Å². The summed E-state index contributed by atoms with van der Waals surface area (Å²) >= 11 is 0. The van der Waals surface area contributed by atoms with Crippen LogP contribution in [-0.2, 0) is 39.1 Å². The highest BCUT2D eigenvalue weighted by Gasteiger charge is 2.28. The maximum absolute atomic E-state index is 13.4. The highest BCUT2D eigenvalue weighted by molar-refractivity contribution is 7.89. The Labute approximate surface area is 224 Å². The van der Waals surface area contributed by atoms with Gasteiger partial charge in [0.2, 0.25) is 21.8 Å². The van der Waals surface area contributed by atoms with Gasteiger partial charge in [0.1, 0.15) is 6.04 Å². The molecule has 3 aromatic rings. The molecule has 1 saturated heterocycles. The monoisotopic (exact) mass is 534 g/mol. The number of carbonyl (C=O) groups excluding carboxylic acids is 2. The molecule has 8 nitrogen and oxygen atoms in total. The van der Waals surface area contributed by atoms with E-state index in [-0.39, 0.29) is 23.1 Å². The molecular formula is C29H34N4O4S. The third-order valence-corrected chi connectivity index (χ3v) is 8.75. The molecule has 4 rings (SSSR count). The molecule has 1 aliphatic rings.